The first kappa shape index (κ1) is 16.7. The second-order valence-electron chi connectivity index (χ2n) is 5.44. The normalized spacial score (nSPS) is 17.0. The summed E-state index contributed by atoms with van der Waals surface area (Å²) in [5, 5.41) is 0. The summed E-state index contributed by atoms with van der Waals surface area (Å²) in [5.41, 5.74) is 6.55. The molecule has 0 aromatic carbocycles. The molecule has 1 amide bonds. The van der Waals surface area contributed by atoms with E-state index in [9.17, 15) is 13.2 Å². The molecule has 1 fully saturated rings. The van der Waals surface area contributed by atoms with Gasteiger partial charge in [-0.25, -0.2) is 8.42 Å². The molecule has 8 heteroatoms. The largest absolute Gasteiger partial charge is 0.371 e. The van der Waals surface area contributed by atoms with E-state index in [1.54, 1.807) is 16.6 Å². The molecule has 1 aromatic heterocycles. The molecule has 2 heterocycles. The Hall–Kier alpha value is -1.67. The van der Waals surface area contributed by atoms with Gasteiger partial charge in [-0.2, -0.15) is 4.31 Å². The van der Waals surface area contributed by atoms with Crippen molar-refractivity contribution in [3.8, 4) is 0 Å². The minimum Gasteiger partial charge on any atom is -0.371 e. The minimum absolute atomic E-state index is 0.00937. The second-order valence-corrected chi connectivity index (χ2v) is 7.38. The lowest BCUT2D eigenvalue weighted by Crippen LogP contribution is -2.47. The number of sulfonamides is 1. The highest BCUT2D eigenvalue weighted by Gasteiger charge is 2.29. The molecule has 0 radical (unpaired) electrons. The number of primary amides is 1. The van der Waals surface area contributed by atoms with E-state index >= 15 is 0 Å². The van der Waals surface area contributed by atoms with Gasteiger partial charge in [-0.1, -0.05) is 6.92 Å². The van der Waals surface area contributed by atoms with Crippen molar-refractivity contribution in [2.75, 3.05) is 30.8 Å². The molecule has 22 heavy (non-hydrogen) atoms. The lowest BCUT2D eigenvalue weighted by Gasteiger charge is -2.38. The van der Waals surface area contributed by atoms with Crippen LogP contribution in [0, 0.1) is 0 Å². The van der Waals surface area contributed by atoms with Crippen molar-refractivity contribution in [3.63, 3.8) is 0 Å². The Balaban J connectivity index is 2.11. The summed E-state index contributed by atoms with van der Waals surface area (Å²) in [6.45, 7) is 3.69. The van der Waals surface area contributed by atoms with Crippen LogP contribution in [0.4, 0.5) is 5.69 Å². The number of anilines is 1. The van der Waals surface area contributed by atoms with Gasteiger partial charge < -0.3 is 10.6 Å². The molecule has 0 bridgehead atoms. The third-order valence-electron chi connectivity index (χ3n) is 4.01. The molecular weight excluding hydrogens is 304 g/mol. The zero-order valence-electron chi connectivity index (χ0n) is 12.9. The Morgan fingerprint density at radius 3 is 2.59 bits per heavy atom. The molecule has 1 aliphatic rings. The van der Waals surface area contributed by atoms with Crippen LogP contribution in [0.1, 0.15) is 30.1 Å². The predicted molar refractivity (Wildman–Crippen MR) is 85.2 cm³/mol. The van der Waals surface area contributed by atoms with Gasteiger partial charge in [0.25, 0.3) is 5.91 Å². The Kier molecular flexibility index (Phi) is 5.02. The number of nitrogens with zero attached hydrogens (tertiary/aromatic N) is 3. The highest BCUT2D eigenvalue weighted by molar-refractivity contribution is 7.88. The number of pyridine rings is 1. The van der Waals surface area contributed by atoms with Gasteiger partial charge in [-0.15, -0.1) is 0 Å². The quantitative estimate of drug-likeness (QED) is 0.846. The third kappa shape index (κ3) is 3.56. The number of aromatic nitrogens is 1. The average molecular weight is 326 g/mol. The van der Waals surface area contributed by atoms with Crippen LogP contribution >= 0.6 is 0 Å². The Bertz CT molecular complexity index is 639. The van der Waals surface area contributed by atoms with Gasteiger partial charge >= 0.3 is 0 Å². The van der Waals surface area contributed by atoms with Crippen molar-refractivity contribution in [2.24, 2.45) is 5.73 Å². The molecule has 0 aliphatic carbocycles. The molecule has 1 saturated heterocycles. The van der Waals surface area contributed by atoms with Crippen molar-refractivity contribution in [2.45, 2.75) is 25.8 Å². The predicted octanol–water partition coefficient (Wildman–Crippen LogP) is 0.431. The van der Waals surface area contributed by atoms with Gasteiger partial charge in [-0.05, 0) is 18.9 Å². The molecular formula is C14H22N4O3S. The fourth-order valence-electron chi connectivity index (χ4n) is 3.01. The average Bonchev–Trinajstić information content (AvgIpc) is 2.47. The van der Waals surface area contributed by atoms with Crippen molar-refractivity contribution < 1.29 is 13.2 Å². The summed E-state index contributed by atoms with van der Waals surface area (Å²) in [7, 11) is -3.19. The van der Waals surface area contributed by atoms with Crippen molar-refractivity contribution in [1.82, 2.24) is 9.29 Å². The fraction of sp³-hybridized carbons (Fsp3) is 0.571. The number of hydrogen-bond acceptors (Lipinski definition) is 5. The minimum atomic E-state index is -3.19. The molecule has 0 atom stereocenters. The number of carbonyl (C=O) groups is 1. The smallest absolute Gasteiger partial charge is 0.252 e. The van der Waals surface area contributed by atoms with Crippen LogP contribution in [0.3, 0.4) is 0 Å². The SMILES string of the molecule is CCN(C1CCN(c2ccncc2C(N)=O)CC1)S(C)(=O)=O. The summed E-state index contributed by atoms with van der Waals surface area (Å²) in [6, 6.07) is 1.78. The summed E-state index contributed by atoms with van der Waals surface area (Å²) >= 11 is 0. The zero-order valence-corrected chi connectivity index (χ0v) is 13.7. The number of piperidine rings is 1. The summed E-state index contributed by atoms with van der Waals surface area (Å²) in [5.74, 6) is -0.503. The van der Waals surface area contributed by atoms with E-state index in [1.165, 1.54) is 12.5 Å². The number of nitrogens with two attached hydrogens (primary N) is 1. The van der Waals surface area contributed by atoms with Crippen LogP contribution < -0.4 is 10.6 Å². The van der Waals surface area contributed by atoms with Crippen molar-refractivity contribution in [3.05, 3.63) is 24.0 Å². The van der Waals surface area contributed by atoms with Crippen LogP contribution in [0.25, 0.3) is 0 Å². The Morgan fingerprint density at radius 1 is 1.45 bits per heavy atom. The first-order valence-corrected chi connectivity index (χ1v) is 9.15. The van der Waals surface area contributed by atoms with E-state index in [-0.39, 0.29) is 6.04 Å². The first-order valence-electron chi connectivity index (χ1n) is 7.30. The van der Waals surface area contributed by atoms with Crippen molar-refractivity contribution >= 4 is 21.6 Å². The second kappa shape index (κ2) is 6.62. The maximum absolute atomic E-state index is 11.8. The van der Waals surface area contributed by atoms with E-state index in [0.717, 1.165) is 18.5 Å². The van der Waals surface area contributed by atoms with Crippen LogP contribution in [-0.4, -0.2) is 55.5 Å². The van der Waals surface area contributed by atoms with E-state index in [0.29, 0.717) is 25.2 Å². The van der Waals surface area contributed by atoms with Crippen molar-refractivity contribution in [1.29, 1.82) is 0 Å². The summed E-state index contributed by atoms with van der Waals surface area (Å²) < 4.78 is 25.1. The van der Waals surface area contributed by atoms with Crippen LogP contribution in [0.5, 0.6) is 0 Å². The summed E-state index contributed by atoms with van der Waals surface area (Å²) in [4.78, 5) is 17.5. The molecule has 7 nitrogen and oxygen atoms in total. The number of hydrogen-bond donors (Lipinski definition) is 1. The standard InChI is InChI=1S/C14H22N4O3S/c1-3-18(22(2,20)21)11-5-8-17(9-6-11)13-4-7-16-10-12(13)14(15)19/h4,7,10-11H,3,5-6,8-9H2,1-2H3,(H2,15,19). The molecule has 0 spiro atoms. The van der Waals surface area contributed by atoms with E-state index < -0.39 is 15.9 Å². The molecule has 2 N–H and O–H groups in total. The molecule has 1 aliphatic heterocycles. The third-order valence-corrected chi connectivity index (χ3v) is 5.42. The topological polar surface area (TPSA) is 96.6 Å². The number of rotatable bonds is 5. The molecule has 122 valence electrons. The number of amides is 1. The molecule has 0 saturated carbocycles. The lowest BCUT2D eigenvalue weighted by molar-refractivity contribution is 0.100. The van der Waals surface area contributed by atoms with Crippen LogP contribution in [0.15, 0.2) is 18.5 Å². The number of carbonyl (C=O) groups excluding carboxylic acids is 1. The molecule has 0 unspecified atom stereocenters. The highest BCUT2D eigenvalue weighted by atomic mass is 32.2. The maximum atomic E-state index is 11.8. The van der Waals surface area contributed by atoms with Gasteiger partial charge in [0, 0.05) is 38.1 Å². The Labute approximate surface area is 131 Å². The molecule has 1 aromatic rings. The van der Waals surface area contributed by atoms with Crippen LogP contribution in [0.2, 0.25) is 0 Å². The monoisotopic (exact) mass is 326 g/mol. The summed E-state index contributed by atoms with van der Waals surface area (Å²) in [6.07, 6.45) is 5.79. The van der Waals surface area contributed by atoms with Gasteiger partial charge in [0.05, 0.1) is 17.5 Å². The van der Waals surface area contributed by atoms with Gasteiger partial charge in [0.2, 0.25) is 10.0 Å². The fourth-order valence-corrected chi connectivity index (χ4v) is 4.23. The van der Waals surface area contributed by atoms with Gasteiger partial charge in [0.15, 0.2) is 0 Å². The lowest BCUT2D eigenvalue weighted by atomic mass is 10.0. The van der Waals surface area contributed by atoms with Gasteiger partial charge in [0.1, 0.15) is 0 Å². The van der Waals surface area contributed by atoms with Gasteiger partial charge in [-0.3, -0.25) is 9.78 Å². The van der Waals surface area contributed by atoms with Crippen LogP contribution in [-0.2, 0) is 10.0 Å². The first-order chi connectivity index (χ1) is 10.3. The van der Waals surface area contributed by atoms with E-state index in [4.69, 9.17) is 5.73 Å². The molecule has 2 rings (SSSR count). The van der Waals surface area contributed by atoms with E-state index in [1.807, 2.05) is 6.92 Å². The van der Waals surface area contributed by atoms with E-state index in [2.05, 4.69) is 9.88 Å². The highest BCUT2D eigenvalue weighted by Crippen LogP contribution is 2.25. The maximum Gasteiger partial charge on any atom is 0.252 e. The Morgan fingerprint density at radius 2 is 2.09 bits per heavy atom. The zero-order chi connectivity index (χ0) is 16.3.